The fourth-order valence-electron chi connectivity index (χ4n) is 2.33. The quantitative estimate of drug-likeness (QED) is 0.657. The van der Waals surface area contributed by atoms with E-state index in [0.29, 0.717) is 12.8 Å². The summed E-state index contributed by atoms with van der Waals surface area (Å²) in [4.78, 5) is 36.0. The van der Waals surface area contributed by atoms with Crippen molar-refractivity contribution in [1.82, 2.24) is 10.6 Å². The van der Waals surface area contributed by atoms with E-state index in [-0.39, 0.29) is 6.42 Å². The monoisotopic (exact) mass is 364 g/mol. The van der Waals surface area contributed by atoms with E-state index in [1.807, 2.05) is 37.3 Å². The van der Waals surface area contributed by atoms with Crippen molar-refractivity contribution in [2.24, 2.45) is 0 Å². The molecule has 2 atom stereocenters. The van der Waals surface area contributed by atoms with Crippen LogP contribution in [0.15, 0.2) is 30.3 Å². The van der Waals surface area contributed by atoms with Gasteiger partial charge < -0.3 is 20.5 Å². The first-order chi connectivity index (χ1) is 12.1. The number of rotatable bonds is 8. The summed E-state index contributed by atoms with van der Waals surface area (Å²) in [7, 11) is 0. The molecule has 0 spiro atoms. The lowest BCUT2D eigenvalue weighted by Gasteiger charge is -2.24. The third-order valence-corrected chi connectivity index (χ3v) is 3.48. The number of amides is 2. The van der Waals surface area contributed by atoms with Crippen molar-refractivity contribution >= 4 is 18.0 Å². The average molecular weight is 364 g/mol. The molecule has 7 heteroatoms. The first-order valence-electron chi connectivity index (χ1n) is 8.69. The number of hydrogen-bond donors (Lipinski definition) is 3. The highest BCUT2D eigenvalue weighted by Gasteiger charge is 2.28. The molecule has 1 aromatic carbocycles. The number of benzene rings is 1. The number of nitrogens with one attached hydrogen (secondary N) is 2. The molecule has 0 bridgehead atoms. The predicted octanol–water partition coefficient (Wildman–Crippen LogP) is 2.49. The number of aliphatic carboxylic acids is 1. The van der Waals surface area contributed by atoms with E-state index < -0.39 is 35.7 Å². The Balaban J connectivity index is 2.89. The molecule has 0 saturated heterocycles. The lowest BCUT2D eigenvalue weighted by atomic mass is 10.0. The predicted molar refractivity (Wildman–Crippen MR) is 97.8 cm³/mol. The van der Waals surface area contributed by atoms with Crippen molar-refractivity contribution in [3.63, 3.8) is 0 Å². The summed E-state index contributed by atoms with van der Waals surface area (Å²) in [6, 6.07) is 7.23. The maximum atomic E-state index is 12.6. The molecule has 26 heavy (non-hydrogen) atoms. The van der Waals surface area contributed by atoms with Crippen molar-refractivity contribution in [3.8, 4) is 0 Å². The van der Waals surface area contributed by atoms with E-state index in [0.717, 1.165) is 5.56 Å². The number of carboxylic acids is 1. The number of ether oxygens (including phenoxy) is 1. The van der Waals surface area contributed by atoms with Gasteiger partial charge in [-0.2, -0.15) is 0 Å². The van der Waals surface area contributed by atoms with Crippen LogP contribution < -0.4 is 10.6 Å². The average Bonchev–Trinajstić information content (AvgIpc) is 2.52. The standard InChI is InChI=1S/C19H28N2O5/c1-5-9-14(17(23)24)20-16(22)15(12-13-10-7-6-8-11-13)21-18(25)26-19(2,3)4/h6-8,10-11,14-15H,5,9,12H2,1-4H3,(H,20,22)(H,21,25)(H,23,24)/t14-,15-/m0/s1. The molecule has 0 heterocycles. The highest BCUT2D eigenvalue weighted by atomic mass is 16.6. The molecule has 0 unspecified atom stereocenters. The summed E-state index contributed by atoms with van der Waals surface area (Å²) in [6.07, 6.45) is 0.423. The normalized spacial score (nSPS) is 13.4. The smallest absolute Gasteiger partial charge is 0.408 e. The topological polar surface area (TPSA) is 105 Å². The molecule has 7 nitrogen and oxygen atoms in total. The lowest BCUT2D eigenvalue weighted by Crippen LogP contribution is -2.53. The van der Waals surface area contributed by atoms with Gasteiger partial charge in [0.2, 0.25) is 5.91 Å². The fraction of sp³-hybridized carbons (Fsp3) is 0.526. The van der Waals surface area contributed by atoms with Crippen LogP contribution in [0.2, 0.25) is 0 Å². The molecule has 0 aromatic heterocycles. The maximum absolute atomic E-state index is 12.6. The van der Waals surface area contributed by atoms with Crippen molar-refractivity contribution < 1.29 is 24.2 Å². The summed E-state index contributed by atoms with van der Waals surface area (Å²) in [6.45, 7) is 7.00. The van der Waals surface area contributed by atoms with Gasteiger partial charge in [-0.1, -0.05) is 43.7 Å². The molecular formula is C19H28N2O5. The number of hydrogen-bond acceptors (Lipinski definition) is 4. The Labute approximate surface area is 154 Å². The van der Waals surface area contributed by atoms with Crippen LogP contribution >= 0.6 is 0 Å². The van der Waals surface area contributed by atoms with Crippen LogP contribution in [0, 0.1) is 0 Å². The van der Waals surface area contributed by atoms with Crippen LogP contribution in [0.4, 0.5) is 4.79 Å². The zero-order valence-corrected chi connectivity index (χ0v) is 15.7. The van der Waals surface area contributed by atoms with Crippen LogP contribution in [0.3, 0.4) is 0 Å². The van der Waals surface area contributed by atoms with Gasteiger partial charge in [0.25, 0.3) is 0 Å². The lowest BCUT2D eigenvalue weighted by molar-refractivity contribution is -0.142. The SMILES string of the molecule is CCC[C@H](NC(=O)[C@H](Cc1ccccc1)NC(=O)OC(C)(C)C)C(=O)O. The first-order valence-corrected chi connectivity index (χ1v) is 8.69. The number of carbonyl (C=O) groups excluding carboxylic acids is 2. The molecule has 0 aliphatic heterocycles. The van der Waals surface area contributed by atoms with Gasteiger partial charge in [0.15, 0.2) is 0 Å². The van der Waals surface area contributed by atoms with Gasteiger partial charge in [-0.3, -0.25) is 4.79 Å². The second-order valence-electron chi connectivity index (χ2n) is 7.08. The molecule has 1 rings (SSSR count). The molecule has 0 aliphatic carbocycles. The number of alkyl carbamates (subject to hydrolysis) is 1. The molecule has 144 valence electrons. The summed E-state index contributed by atoms with van der Waals surface area (Å²) in [5.41, 5.74) is 0.134. The van der Waals surface area contributed by atoms with Gasteiger partial charge in [-0.25, -0.2) is 9.59 Å². The zero-order chi connectivity index (χ0) is 19.7. The largest absolute Gasteiger partial charge is 0.480 e. The van der Waals surface area contributed by atoms with Crippen LogP contribution in [0.25, 0.3) is 0 Å². The molecular weight excluding hydrogens is 336 g/mol. The second kappa shape index (κ2) is 9.79. The zero-order valence-electron chi connectivity index (χ0n) is 15.7. The van der Waals surface area contributed by atoms with Gasteiger partial charge >= 0.3 is 12.1 Å². The van der Waals surface area contributed by atoms with Crippen LogP contribution in [-0.4, -0.2) is 40.8 Å². The highest BCUT2D eigenvalue weighted by Crippen LogP contribution is 2.09. The van der Waals surface area contributed by atoms with Crippen LogP contribution in [0.5, 0.6) is 0 Å². The van der Waals surface area contributed by atoms with Crippen LogP contribution in [-0.2, 0) is 20.7 Å². The Kier molecular flexibility index (Phi) is 8.09. The van der Waals surface area contributed by atoms with Gasteiger partial charge in [-0.05, 0) is 32.8 Å². The summed E-state index contributed by atoms with van der Waals surface area (Å²) >= 11 is 0. The summed E-state index contributed by atoms with van der Waals surface area (Å²) in [5.74, 6) is -1.66. The van der Waals surface area contributed by atoms with E-state index in [1.54, 1.807) is 20.8 Å². The van der Waals surface area contributed by atoms with E-state index in [1.165, 1.54) is 0 Å². The molecule has 0 fully saturated rings. The molecule has 1 aromatic rings. The van der Waals surface area contributed by atoms with Crippen molar-refractivity contribution in [2.45, 2.75) is 64.6 Å². The van der Waals surface area contributed by atoms with E-state index >= 15 is 0 Å². The molecule has 2 amide bonds. The third kappa shape index (κ3) is 8.00. The Morgan fingerprint density at radius 1 is 1.08 bits per heavy atom. The Morgan fingerprint density at radius 3 is 2.19 bits per heavy atom. The number of carboxylic acid groups (broad SMARTS) is 1. The third-order valence-electron chi connectivity index (χ3n) is 3.48. The fourth-order valence-corrected chi connectivity index (χ4v) is 2.33. The van der Waals surface area contributed by atoms with Crippen molar-refractivity contribution in [2.75, 3.05) is 0 Å². The van der Waals surface area contributed by atoms with Gasteiger partial charge in [-0.15, -0.1) is 0 Å². The molecule has 0 saturated carbocycles. The minimum absolute atomic E-state index is 0.227. The second-order valence-corrected chi connectivity index (χ2v) is 7.08. The maximum Gasteiger partial charge on any atom is 0.408 e. The van der Waals surface area contributed by atoms with E-state index in [4.69, 9.17) is 4.74 Å². The highest BCUT2D eigenvalue weighted by molar-refractivity contribution is 5.89. The van der Waals surface area contributed by atoms with Gasteiger partial charge in [0, 0.05) is 6.42 Å². The Morgan fingerprint density at radius 2 is 1.69 bits per heavy atom. The summed E-state index contributed by atoms with van der Waals surface area (Å²) in [5, 5.41) is 14.3. The molecule has 3 N–H and O–H groups in total. The summed E-state index contributed by atoms with van der Waals surface area (Å²) < 4.78 is 5.21. The molecule has 0 aliphatic rings. The van der Waals surface area contributed by atoms with E-state index in [2.05, 4.69) is 10.6 Å². The number of carbonyl (C=O) groups is 3. The minimum Gasteiger partial charge on any atom is -0.480 e. The van der Waals surface area contributed by atoms with Gasteiger partial charge in [0.1, 0.15) is 17.7 Å². The Hall–Kier alpha value is -2.57. The molecule has 0 radical (unpaired) electrons. The Bertz CT molecular complexity index is 610. The minimum atomic E-state index is -1.10. The van der Waals surface area contributed by atoms with E-state index in [9.17, 15) is 19.5 Å². The van der Waals surface area contributed by atoms with Crippen molar-refractivity contribution in [3.05, 3.63) is 35.9 Å². The first kappa shape index (κ1) is 21.5. The van der Waals surface area contributed by atoms with Crippen LogP contribution in [0.1, 0.15) is 46.1 Å². The van der Waals surface area contributed by atoms with Crippen molar-refractivity contribution in [1.29, 1.82) is 0 Å². The van der Waals surface area contributed by atoms with Gasteiger partial charge in [0.05, 0.1) is 0 Å².